The predicted octanol–water partition coefficient (Wildman–Crippen LogP) is 5.42. The van der Waals surface area contributed by atoms with E-state index in [-0.39, 0.29) is 24.2 Å². The van der Waals surface area contributed by atoms with Gasteiger partial charge in [0.05, 0.1) is 24.6 Å². The highest BCUT2D eigenvalue weighted by Gasteiger charge is 2.61. The van der Waals surface area contributed by atoms with Crippen molar-refractivity contribution in [2.45, 2.75) is 69.9 Å². The fourth-order valence-electron chi connectivity index (χ4n) is 6.55. The first kappa shape index (κ1) is 31.0. The van der Waals surface area contributed by atoms with E-state index in [1.54, 1.807) is 19.1 Å². The van der Waals surface area contributed by atoms with Crippen LogP contribution in [0.4, 0.5) is 0 Å². The second kappa shape index (κ2) is 12.4. The predicted molar refractivity (Wildman–Crippen MR) is 171 cm³/mol. The van der Waals surface area contributed by atoms with E-state index in [1.807, 2.05) is 41.8 Å². The third-order valence-electron chi connectivity index (χ3n) is 9.39. The van der Waals surface area contributed by atoms with E-state index in [0.717, 1.165) is 40.7 Å². The van der Waals surface area contributed by atoms with Crippen molar-refractivity contribution in [1.82, 2.24) is 20.2 Å². The summed E-state index contributed by atoms with van der Waals surface area (Å²) in [7, 11) is 3.39. The van der Waals surface area contributed by atoms with Crippen LogP contribution in [0.25, 0.3) is 21.5 Å². The lowest BCUT2D eigenvalue weighted by Gasteiger charge is -2.26. The number of rotatable bonds is 6. The maximum atomic E-state index is 13.8. The molecule has 3 aromatic rings. The molecule has 0 radical (unpaired) electrons. The van der Waals surface area contributed by atoms with Gasteiger partial charge >= 0.3 is 5.97 Å². The van der Waals surface area contributed by atoms with Crippen molar-refractivity contribution >= 4 is 39.9 Å². The molecule has 2 amide bonds. The second-order valence-corrected chi connectivity index (χ2v) is 13.7. The van der Waals surface area contributed by atoms with E-state index < -0.39 is 35.4 Å². The molecule has 2 N–H and O–H groups in total. The monoisotopic (exact) mass is 632 g/mol. The molecule has 238 valence electrons. The molecule has 0 unspecified atom stereocenters. The molecule has 6 rings (SSSR count). The van der Waals surface area contributed by atoms with Crippen molar-refractivity contribution in [2.24, 2.45) is 17.8 Å². The van der Waals surface area contributed by atoms with Crippen molar-refractivity contribution in [3.05, 3.63) is 47.5 Å². The summed E-state index contributed by atoms with van der Waals surface area (Å²) < 4.78 is 12.1. The minimum absolute atomic E-state index is 0.120. The quantitative estimate of drug-likeness (QED) is 0.345. The van der Waals surface area contributed by atoms with E-state index in [4.69, 9.17) is 19.4 Å². The number of allylic oxidation sites excluding steroid dienone is 1. The number of amides is 2. The summed E-state index contributed by atoms with van der Waals surface area (Å²) in [6, 6.07) is 7.64. The number of nitrogens with zero attached hydrogens (tertiary/aromatic N) is 3. The van der Waals surface area contributed by atoms with Crippen molar-refractivity contribution < 1.29 is 29.0 Å². The van der Waals surface area contributed by atoms with Gasteiger partial charge in [0.1, 0.15) is 28.1 Å². The molecule has 2 fully saturated rings. The van der Waals surface area contributed by atoms with Gasteiger partial charge in [0.15, 0.2) is 0 Å². The number of thiazole rings is 1. The first-order valence-corrected chi connectivity index (χ1v) is 16.6. The number of pyridine rings is 1. The van der Waals surface area contributed by atoms with Crippen molar-refractivity contribution in [1.29, 1.82) is 0 Å². The summed E-state index contributed by atoms with van der Waals surface area (Å²) in [5.74, 6) is -1.82. The number of fused-ring (bicyclic) bond motifs is 3. The molecule has 45 heavy (non-hydrogen) atoms. The summed E-state index contributed by atoms with van der Waals surface area (Å²) in [5.41, 5.74) is 0.330. The molecule has 2 aliphatic carbocycles. The zero-order valence-electron chi connectivity index (χ0n) is 26.1. The molecule has 1 aliphatic heterocycles. The smallest absolute Gasteiger partial charge is 0.330 e. The average molecular weight is 633 g/mol. The molecule has 0 spiro atoms. The Balaban J connectivity index is 1.33. The molecule has 0 saturated heterocycles. The summed E-state index contributed by atoms with van der Waals surface area (Å²) in [6.07, 6.45) is 6.88. The fourth-order valence-corrected chi connectivity index (χ4v) is 7.49. The normalized spacial score (nSPS) is 27.8. The maximum absolute atomic E-state index is 13.8. The van der Waals surface area contributed by atoms with Crippen LogP contribution in [0.15, 0.2) is 41.8 Å². The van der Waals surface area contributed by atoms with Gasteiger partial charge in [0.2, 0.25) is 17.7 Å². The van der Waals surface area contributed by atoms with Crippen LogP contribution in [-0.4, -0.2) is 70.1 Å². The topological polar surface area (TPSA) is 131 Å². The number of nitrogens with one attached hydrogen (secondary N) is 1. The number of aromatic nitrogens is 2. The lowest BCUT2D eigenvalue weighted by atomic mass is 9.93. The molecule has 3 heterocycles. The fraction of sp³-hybridized carbons (Fsp3) is 0.500. The van der Waals surface area contributed by atoms with Crippen molar-refractivity contribution in [3.63, 3.8) is 0 Å². The van der Waals surface area contributed by atoms with Crippen LogP contribution in [0.1, 0.15) is 64.0 Å². The molecule has 11 heteroatoms. The third kappa shape index (κ3) is 6.14. The van der Waals surface area contributed by atoms with E-state index in [0.29, 0.717) is 36.7 Å². The summed E-state index contributed by atoms with van der Waals surface area (Å²) in [5, 5.41) is 17.4. The van der Waals surface area contributed by atoms with Crippen LogP contribution in [0, 0.1) is 17.8 Å². The number of carbonyl (C=O) groups excluding carboxylic acids is 2. The van der Waals surface area contributed by atoms with Crippen molar-refractivity contribution in [2.75, 3.05) is 20.7 Å². The first-order valence-electron chi connectivity index (χ1n) is 15.7. The lowest BCUT2D eigenvalue weighted by Crippen LogP contribution is -2.49. The first-order chi connectivity index (χ1) is 21.6. The van der Waals surface area contributed by atoms with Crippen LogP contribution >= 0.6 is 11.3 Å². The Kier molecular flexibility index (Phi) is 8.56. The van der Waals surface area contributed by atoms with E-state index in [1.165, 1.54) is 11.3 Å². The van der Waals surface area contributed by atoms with Crippen LogP contribution in [0.2, 0.25) is 0 Å². The van der Waals surface area contributed by atoms with Gasteiger partial charge in [0, 0.05) is 30.3 Å². The molecular formula is C34H40N4O6S. The summed E-state index contributed by atoms with van der Waals surface area (Å²) in [4.78, 5) is 51.2. The molecule has 5 atom stereocenters. The zero-order chi connectivity index (χ0) is 31.9. The standard InChI is InChI=1S/C34H40N4O6S/c1-19(2)28-18-45-31(36-28)27-14-20-13-22(43-4)10-11-24(20)30(35-27)44-23-15-25-26(16-23)32(40)38(3)12-8-6-5-7-9-21-17-34(21,33(41)42)37-29(25)39/h7,9-11,13-14,18-19,21,23,25-26H,5-6,8,12,15-17H2,1-4H3,(H,37,39)(H,41,42)/b9-7-/t21-,23-,25-,26-,34-/m1/s1. The molecule has 1 aromatic carbocycles. The highest BCUT2D eigenvalue weighted by atomic mass is 32.1. The van der Waals surface area contributed by atoms with Gasteiger partial charge in [-0.2, -0.15) is 0 Å². The summed E-state index contributed by atoms with van der Waals surface area (Å²) in [6.45, 7) is 4.79. The SMILES string of the molecule is COc1ccc2c(O[C@@H]3C[C@H]4C(=O)N[C@]5(C(=O)O)C[C@H]5/C=C\CCCCN(C)C(=O)[C@@H]4C3)nc(-c3nc(C(C)C)cs3)cc2c1. The van der Waals surface area contributed by atoms with Crippen LogP contribution in [-0.2, 0) is 14.4 Å². The van der Waals surface area contributed by atoms with Gasteiger partial charge in [-0.15, -0.1) is 11.3 Å². The van der Waals surface area contributed by atoms with Gasteiger partial charge < -0.3 is 24.8 Å². The number of carboxylic acid groups (broad SMARTS) is 1. The highest BCUT2D eigenvalue weighted by Crippen LogP contribution is 2.46. The average Bonchev–Trinajstić information content (AvgIpc) is 3.33. The van der Waals surface area contributed by atoms with Crippen LogP contribution in [0.5, 0.6) is 11.6 Å². The number of carbonyl (C=O) groups is 3. The molecule has 3 aliphatic rings. The van der Waals surface area contributed by atoms with Gasteiger partial charge in [-0.25, -0.2) is 14.8 Å². The maximum Gasteiger partial charge on any atom is 0.330 e. The Morgan fingerprint density at radius 1 is 1.16 bits per heavy atom. The second-order valence-electron chi connectivity index (χ2n) is 12.8. The van der Waals surface area contributed by atoms with E-state index >= 15 is 0 Å². The Labute approximate surface area is 266 Å². The molecule has 0 bridgehead atoms. The zero-order valence-corrected chi connectivity index (χ0v) is 26.9. The Bertz CT molecular complexity index is 1650. The number of aliphatic carboxylic acids is 1. The molecule has 2 saturated carbocycles. The van der Waals surface area contributed by atoms with Gasteiger partial charge in [-0.3, -0.25) is 9.59 Å². The summed E-state index contributed by atoms with van der Waals surface area (Å²) >= 11 is 1.52. The lowest BCUT2D eigenvalue weighted by molar-refractivity contribution is -0.145. The van der Waals surface area contributed by atoms with Gasteiger partial charge in [-0.1, -0.05) is 26.0 Å². The third-order valence-corrected chi connectivity index (χ3v) is 10.3. The molecular weight excluding hydrogens is 592 g/mol. The largest absolute Gasteiger partial charge is 0.497 e. The minimum atomic E-state index is -1.33. The van der Waals surface area contributed by atoms with E-state index in [9.17, 15) is 19.5 Å². The highest BCUT2D eigenvalue weighted by molar-refractivity contribution is 7.13. The number of methoxy groups -OCH3 is 1. The van der Waals surface area contributed by atoms with E-state index in [2.05, 4.69) is 19.2 Å². The Morgan fingerprint density at radius 2 is 1.96 bits per heavy atom. The number of ether oxygens (including phenoxy) is 2. The minimum Gasteiger partial charge on any atom is -0.497 e. The van der Waals surface area contributed by atoms with Gasteiger partial charge in [-0.05, 0) is 74.1 Å². The number of hydrogen-bond donors (Lipinski definition) is 2. The Morgan fingerprint density at radius 3 is 2.69 bits per heavy atom. The Hall–Kier alpha value is -3.99. The van der Waals surface area contributed by atoms with Crippen molar-refractivity contribution in [3.8, 4) is 22.3 Å². The van der Waals surface area contributed by atoms with Crippen LogP contribution < -0.4 is 14.8 Å². The van der Waals surface area contributed by atoms with Gasteiger partial charge in [0.25, 0.3) is 0 Å². The molecule has 10 nitrogen and oxygen atoms in total. The molecule has 2 aromatic heterocycles. The number of benzene rings is 1. The number of carboxylic acids is 1. The van der Waals surface area contributed by atoms with Crippen LogP contribution in [0.3, 0.4) is 0 Å². The number of hydrogen-bond acceptors (Lipinski definition) is 8.